The Labute approximate surface area is 876 Å². The lowest BCUT2D eigenvalue weighted by Crippen LogP contribution is -2.61. The summed E-state index contributed by atoms with van der Waals surface area (Å²) in [5.74, 6) is -14.3. The van der Waals surface area contributed by atoms with Gasteiger partial charge in [0.05, 0.1) is 34.7 Å². The molecule has 47 nitrogen and oxygen atoms in total. The number of ether oxygens (including phenoxy) is 5. The number of hydrogen-bond donors (Lipinski definition) is 19. The van der Waals surface area contributed by atoms with E-state index >= 15 is 33.6 Å². The number of aliphatic hydroxyl groups excluding tert-OH is 2. The first-order valence-electron chi connectivity index (χ1n) is 49.6. The summed E-state index contributed by atoms with van der Waals surface area (Å²) in [5.41, 5.74) is -3.38. The second-order valence-electron chi connectivity index (χ2n) is 41.1. The van der Waals surface area contributed by atoms with Gasteiger partial charge in [-0.15, -0.1) is 0 Å². The number of aliphatic hydroxyl groups is 2. The highest BCUT2D eigenvalue weighted by Gasteiger charge is 2.40. The highest BCUT2D eigenvalue weighted by molar-refractivity contribution is 7.99. The molecule has 19 N–H and O–H groups in total. The molecule has 3 heterocycles. The number of carbonyl (C=O) groups excluding carboxylic acids is 19. The highest BCUT2D eigenvalue weighted by atomic mass is 32.2. The average Bonchev–Trinajstić information content (AvgIpc) is 1.62. The Morgan fingerprint density at radius 3 is 1.54 bits per heavy atom. The smallest absolute Gasteiger partial charge is 0.407 e. The van der Waals surface area contributed by atoms with Gasteiger partial charge in [0.2, 0.25) is 70.9 Å². The number of aromatic nitrogens is 3. The third-order valence-corrected chi connectivity index (χ3v) is 22.6. The van der Waals surface area contributed by atoms with Gasteiger partial charge in [-0.1, -0.05) is 74.1 Å². The molecule has 0 saturated carbocycles. The minimum absolute atomic E-state index is 0.152. The third kappa shape index (κ3) is 45.2. The molecule has 0 bridgehead atoms. The van der Waals surface area contributed by atoms with E-state index in [1.54, 1.807) is 227 Å². The molecule has 1 aliphatic heterocycles. The molecule has 3 aromatic carbocycles. The van der Waals surface area contributed by atoms with Gasteiger partial charge in [0.1, 0.15) is 88.4 Å². The second kappa shape index (κ2) is 58.4. The highest BCUT2D eigenvalue weighted by Crippen LogP contribution is 2.35. The first kappa shape index (κ1) is 124. The Balaban J connectivity index is 1.47. The summed E-state index contributed by atoms with van der Waals surface area (Å²) in [4.78, 5) is 279. The van der Waals surface area contributed by atoms with Crippen molar-refractivity contribution in [1.29, 1.82) is 0 Å². The lowest BCUT2D eigenvalue weighted by atomic mass is 10.00. The topological polar surface area (TPSA) is 649 Å². The van der Waals surface area contributed by atoms with Crippen LogP contribution in [-0.4, -0.2) is 303 Å². The largest absolute Gasteiger partial charge is 0.458 e. The molecule has 5 aromatic rings. The van der Waals surface area contributed by atoms with Gasteiger partial charge in [0.25, 0.3) is 5.91 Å². The summed E-state index contributed by atoms with van der Waals surface area (Å²) in [5, 5.41) is 71.7. The molecule has 1 fully saturated rings. The SMILES string of the molecule is CNC(=O)c1ccccc1Sc1ccc2c(/C=C/c3ccccn3)nn(C(=O)N(CCNC(=O)CC[C@H](NC(C)=O)C(=O)OC(C)(C)C)CCC(=O)N[C@H](C(=O)N[C@@H](CCNC(=O)OC(C)(C)C)C(=O)N[C@H]3CCNC(=O)[C@H]([C@@H](C)O)NC(=O)[C@H](CCNC(=O)OC(C)(C)C)NC(=O)[C@H](CCNC(=O)OC(C)(C)C)NC(=O)[C@H](CC(C)C)NC(=O)[C@@H](Cc4ccccc4)NC(=O)[C@H](CCNC(=O)OC(C)(C)C)NC3=O)[C@@H](C)O)c2c1. The number of esters is 1. The van der Waals surface area contributed by atoms with Crippen LogP contribution in [0.1, 0.15) is 224 Å². The summed E-state index contributed by atoms with van der Waals surface area (Å²) in [6.07, 6.45) is -7.26. The molecule has 150 heavy (non-hydrogen) atoms. The molecular weight excluding hydrogens is 1970 g/mol. The van der Waals surface area contributed by atoms with Crippen molar-refractivity contribution in [3.63, 3.8) is 0 Å². The Morgan fingerprint density at radius 2 is 1.02 bits per heavy atom. The van der Waals surface area contributed by atoms with Crippen molar-refractivity contribution in [1.82, 2.24) is 110 Å². The van der Waals surface area contributed by atoms with E-state index in [1.165, 1.54) is 25.7 Å². The van der Waals surface area contributed by atoms with Crippen molar-refractivity contribution in [3.05, 3.63) is 120 Å². The molecule has 0 radical (unpaired) electrons. The summed E-state index contributed by atoms with van der Waals surface area (Å²) in [7, 11) is 1.48. The Kier molecular flexibility index (Phi) is 48.3. The predicted octanol–water partition coefficient (Wildman–Crippen LogP) is 4.11. The summed E-state index contributed by atoms with van der Waals surface area (Å²) in [6.45, 7) is 26.8. The molecule has 2 aromatic heterocycles. The van der Waals surface area contributed by atoms with Crippen molar-refractivity contribution in [3.8, 4) is 0 Å². The van der Waals surface area contributed by atoms with E-state index in [4.69, 9.17) is 28.8 Å². The predicted molar refractivity (Wildman–Crippen MR) is 553 cm³/mol. The van der Waals surface area contributed by atoms with Crippen molar-refractivity contribution in [2.45, 2.75) is 313 Å². The monoisotopic (exact) mass is 2120 g/mol. The van der Waals surface area contributed by atoms with Crippen LogP contribution in [0.4, 0.5) is 24.0 Å². The number of rotatable bonds is 39. The van der Waals surface area contributed by atoms with Crippen molar-refractivity contribution >= 4 is 148 Å². The lowest BCUT2D eigenvalue weighted by Gasteiger charge is -2.29. The van der Waals surface area contributed by atoms with Gasteiger partial charge in [-0.2, -0.15) is 9.78 Å². The molecule has 0 spiro atoms. The van der Waals surface area contributed by atoms with E-state index in [0.29, 0.717) is 32.0 Å². The zero-order valence-electron chi connectivity index (χ0n) is 89.0. The molecule has 1 saturated heterocycles. The number of hydrogen-bond acceptors (Lipinski definition) is 29. The van der Waals surface area contributed by atoms with Crippen molar-refractivity contribution < 1.29 is 125 Å². The van der Waals surface area contributed by atoms with Crippen LogP contribution in [0.15, 0.2) is 107 Å². The molecular formula is C102H149N21O26S. The van der Waals surface area contributed by atoms with Crippen LogP contribution < -0.4 is 90.4 Å². The quantitative estimate of drug-likeness (QED) is 0.0194. The van der Waals surface area contributed by atoms with Gasteiger partial charge >= 0.3 is 36.4 Å². The van der Waals surface area contributed by atoms with Gasteiger partial charge in [0.15, 0.2) is 0 Å². The van der Waals surface area contributed by atoms with Gasteiger partial charge in [0, 0.05) is 107 Å². The molecule has 824 valence electrons. The number of alkyl carbamates (subject to hydrolysis) is 4. The van der Waals surface area contributed by atoms with E-state index in [2.05, 4.69) is 95.4 Å². The minimum atomic E-state index is -2.02. The standard InChI is InChI=1S/C102H149N21O26S/c1-58(2)55-74-88(135)115-69(41-48-107-93(140)146-99(9,10)11)84(131)114-72(44-51-110-96(143)149-102(18,19)20)87(134)120-80(59(3)124)90(137)106-47-40-68(83(130)113-70(42-49-108-94(141)147-100(12,13)14)86(133)118-75(89(136)117-74)56-62-29-23-22-24-30-62)112-85(132)71(43-50-109-95(142)148-101(15,16)17)116-91(138)81(60(4)125)119-79(128)45-53-122(54-52-105-78(127)39-38-73(111-61(5)126)92(139)145-98(6,7)8)97(144)123-76-57-64(150-77-33-26-25-32-66(77)82(129)103-21)35-36-65(76)67(121-123)37-34-63-31-27-28-46-104-63/h22-37,46,57-60,68-75,80-81,124-125H,38-45,47-56H2,1-21H3,(H,103,129)(H,105,127)(H,106,137)(H,107,140)(H,108,141)(H,109,142)(H,110,143)(H,111,126)(H,112,132)(H,113,130)(H,114,131)(H,115,135)(H,116,138)(H,117,136)(H,118,133)(H,119,128)(H,120,134)/b37-34+/t59-,60-,68+,69+,70+,71+,72+,73+,74+,75-,80+,81+/m1/s1. The number of pyridine rings is 1. The van der Waals surface area contributed by atoms with Crippen LogP contribution in [0.2, 0.25) is 0 Å². The number of nitrogens with one attached hydrogen (secondary N) is 17. The van der Waals surface area contributed by atoms with Crippen LogP contribution in [-0.2, 0) is 92.4 Å². The van der Waals surface area contributed by atoms with Crippen LogP contribution in [0, 0.1) is 5.92 Å². The first-order valence-corrected chi connectivity index (χ1v) is 50.4. The fourth-order valence-electron chi connectivity index (χ4n) is 14.6. The van der Waals surface area contributed by atoms with Crippen LogP contribution in [0.25, 0.3) is 23.1 Å². The maximum absolute atomic E-state index is 15.6. The zero-order chi connectivity index (χ0) is 112. The fourth-order valence-corrected chi connectivity index (χ4v) is 15.6. The second-order valence-corrected chi connectivity index (χ2v) is 42.3. The normalized spacial score (nSPS) is 18.1. The summed E-state index contributed by atoms with van der Waals surface area (Å²) < 4.78 is 28.3. The van der Waals surface area contributed by atoms with E-state index in [9.17, 15) is 67.7 Å². The third-order valence-electron chi connectivity index (χ3n) is 21.6. The Morgan fingerprint density at radius 1 is 0.513 bits per heavy atom. The molecule has 12 atom stereocenters. The van der Waals surface area contributed by atoms with Crippen molar-refractivity contribution in [2.75, 3.05) is 59.4 Å². The van der Waals surface area contributed by atoms with Crippen molar-refractivity contribution in [2.24, 2.45) is 5.92 Å². The number of fused-ring (bicyclic) bond motifs is 1. The molecule has 0 unspecified atom stereocenters. The van der Waals surface area contributed by atoms with Gasteiger partial charge in [-0.25, -0.2) is 28.8 Å². The number of amides is 18. The number of carbonyl (C=O) groups is 19. The van der Waals surface area contributed by atoms with Crippen LogP contribution >= 0.6 is 11.8 Å². The van der Waals surface area contributed by atoms with E-state index in [-0.39, 0.29) is 62.4 Å². The van der Waals surface area contributed by atoms with Gasteiger partial charge in [-0.05, 0) is 229 Å². The molecule has 48 heteroatoms. The van der Waals surface area contributed by atoms with Crippen LogP contribution in [0.5, 0.6) is 0 Å². The maximum atomic E-state index is 15.6. The van der Waals surface area contributed by atoms with Crippen LogP contribution in [0.3, 0.4) is 0 Å². The van der Waals surface area contributed by atoms with Gasteiger partial charge in [-0.3, -0.25) is 67.3 Å². The molecule has 6 rings (SSSR count). The number of nitrogens with zero attached hydrogens (tertiary/aromatic N) is 4. The van der Waals surface area contributed by atoms with Gasteiger partial charge < -0.3 is 129 Å². The summed E-state index contributed by atoms with van der Waals surface area (Å²) >= 11 is 1.20. The maximum Gasteiger partial charge on any atom is 0.407 e. The minimum Gasteiger partial charge on any atom is -0.458 e. The molecule has 0 aliphatic carbocycles. The first-order chi connectivity index (χ1) is 70.1. The zero-order valence-corrected chi connectivity index (χ0v) is 89.8. The average molecular weight is 2120 g/mol. The Bertz CT molecular complexity index is 5530. The fraction of sp³-hybridized carbons (Fsp3) is 0.559. The Hall–Kier alpha value is -14.6. The lowest BCUT2D eigenvalue weighted by molar-refractivity contribution is -0.159. The van der Waals surface area contributed by atoms with E-state index in [1.807, 2.05) is 0 Å². The van der Waals surface area contributed by atoms with E-state index < -0.39 is 285 Å². The number of benzene rings is 3. The van der Waals surface area contributed by atoms with E-state index in [0.717, 1.165) is 23.4 Å². The molecule has 18 amide bonds. The summed E-state index contributed by atoms with van der Waals surface area (Å²) in [6, 6.07) is 6.65. The molecule has 1 aliphatic rings.